The molecule has 0 aliphatic heterocycles. The van der Waals surface area contributed by atoms with Gasteiger partial charge >= 0.3 is 0 Å². The topological polar surface area (TPSA) is 99.5 Å². The van der Waals surface area contributed by atoms with Crippen molar-refractivity contribution in [2.45, 2.75) is 19.0 Å². The predicted octanol–water partition coefficient (Wildman–Crippen LogP) is 4.63. The number of rotatable bonds is 11. The first-order valence-corrected chi connectivity index (χ1v) is 13.1. The lowest BCUT2D eigenvalue weighted by atomic mass is 10.0. The Labute approximate surface area is 221 Å². The van der Waals surface area contributed by atoms with Crippen LogP contribution in [0.15, 0.2) is 78.9 Å². The smallest absolute Gasteiger partial charge is 0.265 e. The van der Waals surface area contributed by atoms with E-state index in [0.717, 1.165) is 34.2 Å². The monoisotopic (exact) mass is 515 g/mol. The number of thiophene rings is 1. The number of fused-ring (bicyclic) bond motifs is 1. The Bertz CT molecular complexity index is 1350. The minimum Gasteiger partial charge on any atom is -0.397 e. The second kappa shape index (κ2) is 12.5. The average Bonchev–Trinajstić information content (AvgIpc) is 3.33. The van der Waals surface area contributed by atoms with Gasteiger partial charge in [0.1, 0.15) is 6.04 Å². The Kier molecular flexibility index (Phi) is 8.90. The summed E-state index contributed by atoms with van der Waals surface area (Å²) in [7, 11) is 4.07. The summed E-state index contributed by atoms with van der Waals surface area (Å²) < 4.78 is 0.944. The van der Waals surface area contributed by atoms with Gasteiger partial charge in [0.2, 0.25) is 5.91 Å². The molecular weight excluding hydrogens is 482 g/mol. The second-order valence-electron chi connectivity index (χ2n) is 9.20. The molecule has 0 aliphatic carbocycles. The number of amides is 2. The van der Waals surface area contributed by atoms with Gasteiger partial charge in [0.15, 0.2) is 0 Å². The molecule has 5 N–H and O–H groups in total. The van der Waals surface area contributed by atoms with Gasteiger partial charge in [0, 0.05) is 11.2 Å². The standard InChI is InChI=1S/C29H33N5O2S/c1-34(2)16-8-15-31-27(29(36)32-19-20-9-4-3-5-10-20)22-14-13-21-17-26(37-25(21)18-22)28(35)33-24-12-7-6-11-23(24)30/h3-7,9-14,17-18,27,31H,8,15-16,19,30H2,1-2H3,(H,32,36)(H,33,35). The molecule has 1 aromatic heterocycles. The minimum absolute atomic E-state index is 0.0814. The third kappa shape index (κ3) is 7.16. The predicted molar refractivity (Wildman–Crippen MR) is 153 cm³/mol. The quantitative estimate of drug-likeness (QED) is 0.172. The maximum absolute atomic E-state index is 13.3. The van der Waals surface area contributed by atoms with Crippen molar-refractivity contribution < 1.29 is 9.59 Å². The number of hydrogen-bond acceptors (Lipinski definition) is 6. The van der Waals surface area contributed by atoms with Crippen LogP contribution in [0.2, 0.25) is 0 Å². The number of benzene rings is 3. The van der Waals surface area contributed by atoms with Crippen molar-refractivity contribution in [3.05, 3.63) is 94.9 Å². The van der Waals surface area contributed by atoms with E-state index < -0.39 is 6.04 Å². The number of anilines is 2. The maximum Gasteiger partial charge on any atom is 0.265 e. The summed E-state index contributed by atoms with van der Waals surface area (Å²) in [6.07, 6.45) is 0.920. The average molecular weight is 516 g/mol. The van der Waals surface area contributed by atoms with E-state index in [-0.39, 0.29) is 11.8 Å². The highest BCUT2D eigenvalue weighted by Crippen LogP contribution is 2.30. The first-order chi connectivity index (χ1) is 17.9. The Hall–Kier alpha value is -3.72. The lowest BCUT2D eigenvalue weighted by Crippen LogP contribution is -2.38. The van der Waals surface area contributed by atoms with Crippen molar-refractivity contribution in [3.8, 4) is 0 Å². The van der Waals surface area contributed by atoms with Crippen LogP contribution >= 0.6 is 11.3 Å². The SMILES string of the molecule is CN(C)CCCNC(C(=O)NCc1ccccc1)c1ccc2cc(C(=O)Nc3ccccc3N)sc2c1. The van der Waals surface area contributed by atoms with Crippen LogP contribution in [-0.4, -0.2) is 43.9 Å². The van der Waals surface area contributed by atoms with E-state index in [1.54, 1.807) is 12.1 Å². The number of nitrogen functional groups attached to an aromatic ring is 1. The van der Waals surface area contributed by atoms with Crippen molar-refractivity contribution in [2.24, 2.45) is 0 Å². The maximum atomic E-state index is 13.3. The van der Waals surface area contributed by atoms with Crippen molar-refractivity contribution in [1.82, 2.24) is 15.5 Å². The number of hydrogen-bond donors (Lipinski definition) is 4. The molecule has 0 bridgehead atoms. The van der Waals surface area contributed by atoms with Crippen LogP contribution in [0, 0.1) is 0 Å². The van der Waals surface area contributed by atoms with Gasteiger partial charge in [-0.05, 0) is 74.4 Å². The highest BCUT2D eigenvalue weighted by Gasteiger charge is 2.21. The van der Waals surface area contributed by atoms with Crippen molar-refractivity contribution in [1.29, 1.82) is 0 Å². The molecule has 4 rings (SSSR count). The van der Waals surface area contributed by atoms with Crippen LogP contribution in [0.3, 0.4) is 0 Å². The number of nitrogens with one attached hydrogen (secondary N) is 3. The van der Waals surface area contributed by atoms with Gasteiger partial charge in [-0.25, -0.2) is 0 Å². The van der Waals surface area contributed by atoms with Gasteiger partial charge in [-0.2, -0.15) is 0 Å². The van der Waals surface area contributed by atoms with Crippen molar-refractivity contribution >= 4 is 44.6 Å². The fraction of sp³-hybridized carbons (Fsp3) is 0.241. The summed E-state index contributed by atoms with van der Waals surface area (Å²) in [5.74, 6) is -0.290. The highest BCUT2D eigenvalue weighted by atomic mass is 32.1. The largest absolute Gasteiger partial charge is 0.397 e. The number of carbonyl (C=O) groups excluding carboxylic acids is 2. The molecule has 0 saturated carbocycles. The number of para-hydroxylation sites is 2. The molecule has 8 heteroatoms. The normalized spacial score (nSPS) is 12.0. The summed E-state index contributed by atoms with van der Waals surface area (Å²) in [6, 6.07) is 24.3. The molecule has 0 fully saturated rings. The van der Waals surface area contributed by atoms with Crippen LogP contribution in [0.1, 0.15) is 33.3 Å². The molecule has 1 heterocycles. The number of carbonyl (C=O) groups is 2. The second-order valence-corrected chi connectivity index (χ2v) is 10.3. The first-order valence-electron chi connectivity index (χ1n) is 12.3. The first kappa shape index (κ1) is 26.3. The summed E-state index contributed by atoms with van der Waals surface area (Å²) in [5, 5.41) is 10.3. The van der Waals surface area contributed by atoms with E-state index in [9.17, 15) is 9.59 Å². The van der Waals surface area contributed by atoms with Gasteiger partial charge in [0.25, 0.3) is 5.91 Å². The lowest BCUT2D eigenvalue weighted by molar-refractivity contribution is -0.123. The molecule has 0 aliphatic rings. The summed E-state index contributed by atoms with van der Waals surface area (Å²) in [4.78, 5) is 28.9. The lowest BCUT2D eigenvalue weighted by Gasteiger charge is -2.20. The summed E-state index contributed by atoms with van der Waals surface area (Å²) >= 11 is 1.40. The summed E-state index contributed by atoms with van der Waals surface area (Å²) in [5.41, 5.74) is 8.99. The van der Waals surface area contributed by atoms with E-state index in [0.29, 0.717) is 29.3 Å². The van der Waals surface area contributed by atoms with Crippen LogP contribution < -0.4 is 21.7 Å². The molecule has 1 atom stereocenters. The molecule has 192 valence electrons. The fourth-order valence-corrected chi connectivity index (χ4v) is 5.03. The minimum atomic E-state index is -0.501. The third-order valence-electron chi connectivity index (χ3n) is 6.01. The van der Waals surface area contributed by atoms with Gasteiger partial charge in [-0.15, -0.1) is 11.3 Å². The molecule has 1 unspecified atom stereocenters. The van der Waals surface area contributed by atoms with Crippen LogP contribution in [0.5, 0.6) is 0 Å². The Morgan fingerprint density at radius 2 is 1.73 bits per heavy atom. The summed E-state index contributed by atoms with van der Waals surface area (Å²) in [6.45, 7) is 2.10. The molecule has 2 amide bonds. The van der Waals surface area contributed by atoms with E-state index in [1.807, 2.05) is 80.8 Å². The molecule has 4 aromatic rings. The van der Waals surface area contributed by atoms with Gasteiger partial charge in [-0.3, -0.25) is 9.59 Å². The fourth-order valence-electron chi connectivity index (χ4n) is 4.02. The zero-order chi connectivity index (χ0) is 26.2. The molecule has 37 heavy (non-hydrogen) atoms. The zero-order valence-corrected chi connectivity index (χ0v) is 22.0. The molecule has 0 saturated heterocycles. The Balaban J connectivity index is 1.52. The van der Waals surface area contributed by atoms with Crippen molar-refractivity contribution in [3.63, 3.8) is 0 Å². The van der Waals surface area contributed by atoms with E-state index in [4.69, 9.17) is 5.73 Å². The molecule has 0 radical (unpaired) electrons. The van der Waals surface area contributed by atoms with Crippen molar-refractivity contribution in [2.75, 3.05) is 38.2 Å². The van der Waals surface area contributed by atoms with E-state index >= 15 is 0 Å². The van der Waals surface area contributed by atoms with Crippen LogP contribution in [0.25, 0.3) is 10.1 Å². The van der Waals surface area contributed by atoms with Gasteiger partial charge in [0.05, 0.1) is 16.3 Å². The van der Waals surface area contributed by atoms with Gasteiger partial charge < -0.3 is 26.6 Å². The molecule has 3 aromatic carbocycles. The van der Waals surface area contributed by atoms with Crippen LogP contribution in [-0.2, 0) is 11.3 Å². The van der Waals surface area contributed by atoms with E-state index in [2.05, 4.69) is 20.9 Å². The van der Waals surface area contributed by atoms with E-state index in [1.165, 1.54) is 11.3 Å². The Morgan fingerprint density at radius 3 is 2.49 bits per heavy atom. The molecule has 0 spiro atoms. The number of nitrogens with zero attached hydrogens (tertiary/aromatic N) is 1. The van der Waals surface area contributed by atoms with Gasteiger partial charge in [-0.1, -0.05) is 54.6 Å². The number of nitrogens with two attached hydrogens (primary N) is 1. The Morgan fingerprint density at radius 1 is 0.973 bits per heavy atom. The molecule has 7 nitrogen and oxygen atoms in total. The molecular formula is C29H33N5O2S. The highest BCUT2D eigenvalue weighted by molar-refractivity contribution is 7.20. The zero-order valence-electron chi connectivity index (χ0n) is 21.2. The third-order valence-corrected chi connectivity index (χ3v) is 7.11. The van der Waals surface area contributed by atoms with Crippen LogP contribution in [0.4, 0.5) is 11.4 Å².